The van der Waals surface area contributed by atoms with E-state index < -0.39 is 0 Å². The van der Waals surface area contributed by atoms with Gasteiger partial charge in [0.15, 0.2) is 0 Å². The molecule has 1 saturated carbocycles. The molecule has 3 heteroatoms. The lowest BCUT2D eigenvalue weighted by Gasteiger charge is -2.30. The maximum Gasteiger partial charge on any atom is 0.317 e. The lowest BCUT2D eigenvalue weighted by Crippen LogP contribution is -2.44. The Kier molecular flexibility index (Phi) is 2.42. The highest BCUT2D eigenvalue weighted by Crippen LogP contribution is 2.20. The van der Waals surface area contributed by atoms with Gasteiger partial charge in [-0.1, -0.05) is 6.92 Å². The number of rotatable bonds is 1. The van der Waals surface area contributed by atoms with Crippen LogP contribution in [0.25, 0.3) is 0 Å². The van der Waals surface area contributed by atoms with Crippen molar-refractivity contribution in [2.45, 2.75) is 38.6 Å². The van der Waals surface area contributed by atoms with E-state index >= 15 is 0 Å². The van der Waals surface area contributed by atoms with Gasteiger partial charge >= 0.3 is 6.03 Å². The van der Waals surface area contributed by atoms with E-state index in [4.69, 9.17) is 0 Å². The summed E-state index contributed by atoms with van der Waals surface area (Å²) in [6, 6.07) is 0.654. The third kappa shape index (κ3) is 2.36. The molecule has 0 unspecified atom stereocenters. The maximum absolute atomic E-state index is 11.6. The number of nitrogens with zero attached hydrogens (tertiary/aromatic N) is 1. The van der Waals surface area contributed by atoms with E-state index in [-0.39, 0.29) is 6.03 Å². The Balaban J connectivity index is 1.75. The van der Waals surface area contributed by atoms with Gasteiger partial charge in [0.05, 0.1) is 0 Å². The first kappa shape index (κ1) is 8.85. The van der Waals surface area contributed by atoms with Crippen LogP contribution in [-0.2, 0) is 0 Å². The van der Waals surface area contributed by atoms with E-state index in [1.807, 2.05) is 4.90 Å². The lowest BCUT2D eigenvalue weighted by atomic mass is 10.00. The molecule has 1 aliphatic heterocycles. The van der Waals surface area contributed by atoms with Gasteiger partial charge < -0.3 is 10.2 Å². The van der Waals surface area contributed by atoms with Crippen LogP contribution in [0.2, 0.25) is 0 Å². The summed E-state index contributed by atoms with van der Waals surface area (Å²) >= 11 is 0. The first-order valence-electron chi connectivity index (χ1n) is 5.31. The molecule has 0 aromatic carbocycles. The van der Waals surface area contributed by atoms with E-state index in [2.05, 4.69) is 12.2 Å². The molecule has 74 valence electrons. The third-order valence-electron chi connectivity index (χ3n) is 2.98. The van der Waals surface area contributed by atoms with Crippen molar-refractivity contribution in [3.05, 3.63) is 0 Å². The van der Waals surface area contributed by atoms with Gasteiger partial charge in [-0.2, -0.15) is 0 Å². The summed E-state index contributed by atoms with van der Waals surface area (Å²) in [5, 5.41) is 3.03. The zero-order valence-corrected chi connectivity index (χ0v) is 8.25. The van der Waals surface area contributed by atoms with Crippen LogP contribution in [0.3, 0.4) is 0 Å². The van der Waals surface area contributed by atoms with Gasteiger partial charge in [0.25, 0.3) is 0 Å². The average Bonchev–Trinajstić information content (AvgIpc) is 2.89. The molecule has 2 amide bonds. The number of carbonyl (C=O) groups is 1. The Bertz CT molecular complexity index is 193. The number of carbonyl (C=O) groups excluding carboxylic acids is 1. The number of urea groups is 1. The Morgan fingerprint density at radius 1 is 1.23 bits per heavy atom. The molecule has 0 atom stereocenters. The summed E-state index contributed by atoms with van der Waals surface area (Å²) in [6.07, 6.45) is 4.68. The van der Waals surface area contributed by atoms with Crippen LogP contribution in [0.15, 0.2) is 0 Å². The van der Waals surface area contributed by atoms with Crippen molar-refractivity contribution < 1.29 is 4.79 Å². The molecule has 13 heavy (non-hydrogen) atoms. The van der Waals surface area contributed by atoms with Crippen LogP contribution < -0.4 is 5.32 Å². The molecule has 1 heterocycles. The first-order chi connectivity index (χ1) is 6.25. The quantitative estimate of drug-likeness (QED) is 0.656. The van der Waals surface area contributed by atoms with Crippen molar-refractivity contribution in [2.75, 3.05) is 13.1 Å². The van der Waals surface area contributed by atoms with E-state index in [1.54, 1.807) is 0 Å². The standard InChI is InChI=1S/C10H18N2O/c1-8-4-6-12(7-5-8)10(13)11-9-2-3-9/h8-9H,2-7H2,1H3,(H,11,13). The van der Waals surface area contributed by atoms with Gasteiger partial charge in [-0.15, -0.1) is 0 Å². The fourth-order valence-electron chi connectivity index (χ4n) is 1.71. The summed E-state index contributed by atoms with van der Waals surface area (Å²) < 4.78 is 0. The number of hydrogen-bond acceptors (Lipinski definition) is 1. The van der Waals surface area contributed by atoms with E-state index in [1.165, 1.54) is 12.8 Å². The number of likely N-dealkylation sites (tertiary alicyclic amines) is 1. The molecule has 2 fully saturated rings. The Labute approximate surface area is 79.5 Å². The van der Waals surface area contributed by atoms with Crippen molar-refractivity contribution in [1.82, 2.24) is 10.2 Å². The van der Waals surface area contributed by atoms with Crippen LogP contribution in [0.4, 0.5) is 4.79 Å². The maximum atomic E-state index is 11.6. The molecule has 1 aliphatic carbocycles. The predicted octanol–water partition coefficient (Wildman–Crippen LogP) is 1.59. The smallest absolute Gasteiger partial charge is 0.317 e. The minimum absolute atomic E-state index is 0.161. The molecular weight excluding hydrogens is 164 g/mol. The predicted molar refractivity (Wildman–Crippen MR) is 51.5 cm³/mol. The molecule has 0 aromatic rings. The minimum Gasteiger partial charge on any atom is -0.335 e. The number of piperidine rings is 1. The van der Waals surface area contributed by atoms with Gasteiger partial charge in [0, 0.05) is 19.1 Å². The highest BCUT2D eigenvalue weighted by atomic mass is 16.2. The van der Waals surface area contributed by atoms with Crippen molar-refractivity contribution in [3.63, 3.8) is 0 Å². The molecule has 3 nitrogen and oxygen atoms in total. The summed E-state index contributed by atoms with van der Waals surface area (Å²) in [6.45, 7) is 4.15. The summed E-state index contributed by atoms with van der Waals surface area (Å²) in [4.78, 5) is 13.5. The van der Waals surface area contributed by atoms with Crippen LogP contribution in [0.1, 0.15) is 32.6 Å². The normalized spacial score (nSPS) is 24.5. The van der Waals surface area contributed by atoms with Gasteiger partial charge in [-0.25, -0.2) is 4.79 Å². The van der Waals surface area contributed by atoms with Crippen LogP contribution in [0.5, 0.6) is 0 Å². The van der Waals surface area contributed by atoms with Crippen LogP contribution >= 0.6 is 0 Å². The van der Waals surface area contributed by atoms with Crippen LogP contribution in [-0.4, -0.2) is 30.1 Å². The van der Waals surface area contributed by atoms with Crippen LogP contribution in [0, 0.1) is 5.92 Å². The van der Waals surface area contributed by atoms with Gasteiger partial charge in [0.1, 0.15) is 0 Å². The fourth-order valence-corrected chi connectivity index (χ4v) is 1.71. The van der Waals surface area contributed by atoms with Gasteiger partial charge in [0.2, 0.25) is 0 Å². The largest absolute Gasteiger partial charge is 0.335 e. The lowest BCUT2D eigenvalue weighted by molar-refractivity contribution is 0.173. The topological polar surface area (TPSA) is 32.3 Å². The summed E-state index contributed by atoms with van der Waals surface area (Å²) in [5.74, 6) is 0.796. The Morgan fingerprint density at radius 2 is 1.85 bits per heavy atom. The molecule has 2 aliphatic rings. The number of hydrogen-bond donors (Lipinski definition) is 1. The summed E-state index contributed by atoms with van der Waals surface area (Å²) in [5.41, 5.74) is 0. The summed E-state index contributed by atoms with van der Waals surface area (Å²) in [7, 11) is 0. The SMILES string of the molecule is CC1CCN(C(=O)NC2CC2)CC1. The zero-order chi connectivity index (χ0) is 9.26. The van der Waals surface area contributed by atoms with Gasteiger partial charge in [-0.05, 0) is 31.6 Å². The highest BCUT2D eigenvalue weighted by Gasteiger charge is 2.27. The first-order valence-corrected chi connectivity index (χ1v) is 5.31. The monoisotopic (exact) mass is 182 g/mol. The third-order valence-corrected chi connectivity index (χ3v) is 2.98. The molecule has 0 aromatic heterocycles. The molecule has 0 radical (unpaired) electrons. The van der Waals surface area contributed by atoms with Gasteiger partial charge in [-0.3, -0.25) is 0 Å². The van der Waals surface area contributed by atoms with E-state index in [0.717, 1.165) is 31.8 Å². The van der Waals surface area contributed by atoms with Crippen molar-refractivity contribution in [1.29, 1.82) is 0 Å². The molecule has 1 saturated heterocycles. The Hall–Kier alpha value is -0.730. The second kappa shape index (κ2) is 3.56. The molecule has 0 spiro atoms. The van der Waals surface area contributed by atoms with Crippen molar-refractivity contribution >= 4 is 6.03 Å². The highest BCUT2D eigenvalue weighted by molar-refractivity contribution is 5.74. The second-order valence-electron chi connectivity index (χ2n) is 4.39. The molecule has 2 rings (SSSR count). The number of nitrogens with one attached hydrogen (secondary N) is 1. The molecule has 0 bridgehead atoms. The molecule has 1 N–H and O–H groups in total. The minimum atomic E-state index is 0.161. The van der Waals surface area contributed by atoms with Crippen molar-refractivity contribution in [3.8, 4) is 0 Å². The van der Waals surface area contributed by atoms with E-state index in [0.29, 0.717) is 6.04 Å². The zero-order valence-electron chi connectivity index (χ0n) is 8.25. The van der Waals surface area contributed by atoms with Crippen molar-refractivity contribution in [2.24, 2.45) is 5.92 Å². The fraction of sp³-hybridized carbons (Fsp3) is 0.900. The number of amides is 2. The van der Waals surface area contributed by atoms with E-state index in [9.17, 15) is 4.79 Å². The molecular formula is C10H18N2O. The Morgan fingerprint density at radius 3 is 2.38 bits per heavy atom. The second-order valence-corrected chi connectivity index (χ2v) is 4.39. The average molecular weight is 182 g/mol.